The summed E-state index contributed by atoms with van der Waals surface area (Å²) in [5.74, 6) is -1.46. The van der Waals surface area contributed by atoms with E-state index in [4.69, 9.17) is 42.6 Å². The summed E-state index contributed by atoms with van der Waals surface area (Å²) in [7, 11) is -9.22. The van der Waals surface area contributed by atoms with Crippen LogP contribution in [0.5, 0.6) is 34.5 Å². The van der Waals surface area contributed by atoms with Crippen molar-refractivity contribution < 1.29 is 87.8 Å². The first kappa shape index (κ1) is 68.7. The van der Waals surface area contributed by atoms with Crippen LogP contribution in [0.1, 0.15) is 0 Å². The van der Waals surface area contributed by atoms with Crippen LogP contribution in [-0.2, 0) is 58.4 Å². The summed E-state index contributed by atoms with van der Waals surface area (Å²) in [5, 5.41) is 18.3. The third-order valence-corrected chi connectivity index (χ3v) is 13.5. The maximum Gasteiger partial charge on any atom is 0.330 e. The van der Waals surface area contributed by atoms with Crippen LogP contribution in [0.3, 0.4) is 0 Å². The fraction of sp³-hybridized carbons (Fsp3) is 0.129. The Labute approximate surface area is 542 Å². The molecule has 492 valence electrons. The summed E-state index contributed by atoms with van der Waals surface area (Å²) in [6.07, 6.45) is 4.04. The van der Waals surface area contributed by atoms with Gasteiger partial charge in [-0.25, -0.2) is 19.2 Å². The third-order valence-electron chi connectivity index (χ3n) is 11.8. The molecule has 0 saturated carbocycles. The summed E-state index contributed by atoms with van der Waals surface area (Å²) in [6, 6.07) is 33.2. The Hall–Kier alpha value is -12.2. The van der Waals surface area contributed by atoms with Gasteiger partial charge in [0.2, 0.25) is 35.7 Å². The fourth-order valence-corrected chi connectivity index (χ4v) is 8.86. The quantitative estimate of drug-likeness (QED) is 0.00596. The molecule has 8 N–H and O–H groups in total. The van der Waals surface area contributed by atoms with Crippen LogP contribution in [0.25, 0.3) is 0 Å². The van der Waals surface area contributed by atoms with Gasteiger partial charge in [-0.15, -0.1) is 0 Å². The lowest BCUT2D eigenvalue weighted by atomic mass is 10.2. The fourth-order valence-electron chi connectivity index (χ4n) is 7.81. The number of hydrogen-bond acceptors (Lipinski definition) is 29. The van der Waals surface area contributed by atoms with Crippen LogP contribution in [0.4, 0.5) is 69.8 Å². The first-order valence-corrected chi connectivity index (χ1v) is 30.7. The number of aromatic nitrogens is 6. The molecule has 0 bridgehead atoms. The highest BCUT2D eigenvalue weighted by molar-refractivity contribution is 7.86. The standard InChI is InChI=1S/C62H58N12O19S2/c1-5-53(75)89-25-21-85-47-31-43(32-48(37-47)86-22-26-90-54(76)6-2)67-61-71-57(69-59(73-61)65-41-15-11-19-51(35-41)94(79,80)81)63-39-13-9-17-45(29-39)93-46-18-10-14-40(30-46)64-58-70-60(66-42-16-12-20-52(36-42)95(82,83)84)74-62(72-58)68-44-33-49(87-23-27-91-55(77)7-3)38-50(34-44)88-24-28-92-56(78)8-4/h5-20,29-38H,1-4,21-28H2,(H,79,80,81)(H,82,83,84)(H3,63,65,67,69,71,73)(H3,64,66,68,70,72,74). The molecule has 0 unspecified atom stereocenters. The van der Waals surface area contributed by atoms with Gasteiger partial charge in [0.15, 0.2) is 0 Å². The lowest BCUT2D eigenvalue weighted by Gasteiger charge is -2.15. The zero-order valence-electron chi connectivity index (χ0n) is 49.8. The van der Waals surface area contributed by atoms with Gasteiger partial charge in [-0.3, -0.25) is 9.11 Å². The van der Waals surface area contributed by atoms with Crippen molar-refractivity contribution in [3.05, 3.63) is 184 Å². The molecule has 8 aromatic rings. The Balaban J connectivity index is 1.05. The van der Waals surface area contributed by atoms with Gasteiger partial charge in [0.05, 0.1) is 9.79 Å². The molecule has 2 heterocycles. The van der Waals surface area contributed by atoms with Gasteiger partial charge >= 0.3 is 23.9 Å². The number of esters is 4. The predicted octanol–water partition coefficient (Wildman–Crippen LogP) is 9.24. The number of anilines is 12. The smallest absolute Gasteiger partial charge is 0.330 e. The maximum atomic E-state index is 12.1. The molecule has 6 aromatic carbocycles. The average molecular weight is 1340 g/mol. The van der Waals surface area contributed by atoms with Gasteiger partial charge in [-0.05, 0) is 60.7 Å². The molecule has 0 amide bonds. The Morgan fingerprint density at radius 2 is 0.579 bits per heavy atom. The first-order valence-electron chi connectivity index (χ1n) is 27.8. The molecular weight excluding hydrogens is 1280 g/mol. The molecule has 33 heteroatoms. The summed E-state index contributed by atoms with van der Waals surface area (Å²) < 4.78 is 118. The number of hydrogen-bond donors (Lipinski definition) is 8. The van der Waals surface area contributed by atoms with E-state index in [0.717, 1.165) is 24.3 Å². The Kier molecular flexibility index (Phi) is 24.0. The summed E-state index contributed by atoms with van der Waals surface area (Å²) in [6.45, 7) is 12.8. The number of nitrogens with one attached hydrogen (secondary N) is 6. The minimum absolute atomic E-state index is 0.0512. The maximum absolute atomic E-state index is 12.1. The lowest BCUT2D eigenvalue weighted by molar-refractivity contribution is -0.139. The monoisotopic (exact) mass is 1340 g/mol. The van der Waals surface area contributed by atoms with Crippen molar-refractivity contribution in [2.45, 2.75) is 9.79 Å². The molecule has 31 nitrogen and oxygen atoms in total. The largest absolute Gasteiger partial charge is 0.490 e. The van der Waals surface area contributed by atoms with E-state index in [1.54, 1.807) is 72.8 Å². The lowest BCUT2D eigenvalue weighted by Crippen LogP contribution is -2.12. The number of carbonyl (C=O) groups excluding carboxylic acids is 4. The van der Waals surface area contributed by atoms with Crippen LogP contribution in [0.2, 0.25) is 0 Å². The summed E-state index contributed by atoms with van der Waals surface area (Å²) in [5.41, 5.74) is 1.76. The van der Waals surface area contributed by atoms with Crippen molar-refractivity contribution in [2.24, 2.45) is 0 Å². The van der Waals surface area contributed by atoms with E-state index in [2.05, 4.69) is 88.1 Å². The van der Waals surface area contributed by atoms with Gasteiger partial charge in [-0.1, -0.05) is 50.6 Å². The third kappa shape index (κ3) is 22.6. The van der Waals surface area contributed by atoms with E-state index in [-0.39, 0.29) is 123 Å². The van der Waals surface area contributed by atoms with E-state index in [0.29, 0.717) is 34.2 Å². The highest BCUT2D eigenvalue weighted by atomic mass is 32.2. The van der Waals surface area contributed by atoms with E-state index >= 15 is 0 Å². The molecule has 0 aliphatic heterocycles. The van der Waals surface area contributed by atoms with Gasteiger partial charge in [0.1, 0.15) is 87.4 Å². The number of nitrogens with zero attached hydrogens (tertiary/aromatic N) is 6. The van der Waals surface area contributed by atoms with E-state index < -0.39 is 53.9 Å². The minimum atomic E-state index is -4.61. The molecule has 0 aliphatic carbocycles. The number of rotatable bonds is 36. The van der Waals surface area contributed by atoms with E-state index in [1.165, 1.54) is 60.7 Å². The molecule has 0 atom stereocenters. The van der Waals surface area contributed by atoms with Crippen molar-refractivity contribution in [2.75, 3.05) is 84.8 Å². The van der Waals surface area contributed by atoms with Crippen LogP contribution < -0.4 is 55.6 Å². The Morgan fingerprint density at radius 1 is 0.337 bits per heavy atom. The second-order valence-electron chi connectivity index (χ2n) is 18.8. The van der Waals surface area contributed by atoms with Crippen LogP contribution >= 0.6 is 0 Å². The first-order chi connectivity index (χ1) is 45.7. The van der Waals surface area contributed by atoms with Gasteiger partial charge < -0.3 is 74.5 Å². The van der Waals surface area contributed by atoms with Crippen LogP contribution in [0.15, 0.2) is 194 Å². The minimum Gasteiger partial charge on any atom is -0.490 e. The highest BCUT2D eigenvalue weighted by Gasteiger charge is 2.18. The number of carbonyl (C=O) groups is 4. The number of benzene rings is 6. The molecule has 95 heavy (non-hydrogen) atoms. The molecular formula is C62H58N12O19S2. The summed E-state index contributed by atoms with van der Waals surface area (Å²) in [4.78, 5) is 73.1. The van der Waals surface area contributed by atoms with Crippen molar-refractivity contribution in [3.8, 4) is 34.5 Å². The number of ether oxygens (including phenoxy) is 9. The van der Waals surface area contributed by atoms with E-state index in [9.17, 15) is 45.1 Å². The summed E-state index contributed by atoms with van der Waals surface area (Å²) >= 11 is 0. The molecule has 0 aliphatic rings. The zero-order valence-corrected chi connectivity index (χ0v) is 51.5. The van der Waals surface area contributed by atoms with Gasteiger partial charge in [-0.2, -0.15) is 46.7 Å². The van der Waals surface area contributed by atoms with Crippen molar-refractivity contribution >= 4 is 114 Å². The topological polar surface area (TPSA) is 410 Å². The molecule has 2 aromatic heterocycles. The average Bonchev–Trinajstić information content (AvgIpc) is 0.869. The Bertz CT molecular complexity index is 4010. The van der Waals surface area contributed by atoms with Crippen molar-refractivity contribution in [1.82, 2.24) is 29.9 Å². The second kappa shape index (κ2) is 33.2. The van der Waals surface area contributed by atoms with Gasteiger partial charge in [0.25, 0.3) is 20.2 Å². The zero-order chi connectivity index (χ0) is 67.7. The normalized spacial score (nSPS) is 10.8. The molecule has 0 saturated heterocycles. The Morgan fingerprint density at radius 3 is 0.842 bits per heavy atom. The van der Waals surface area contributed by atoms with E-state index in [1.807, 2.05) is 0 Å². The second-order valence-corrected chi connectivity index (χ2v) is 21.6. The van der Waals surface area contributed by atoms with Crippen LogP contribution in [0, 0.1) is 0 Å². The van der Waals surface area contributed by atoms with Crippen LogP contribution in [-0.4, -0.2) is 133 Å². The predicted molar refractivity (Wildman–Crippen MR) is 344 cm³/mol. The SMILES string of the molecule is C=CC(=O)OCCOc1cc(Nc2nc(Nc3cccc(Oc4cccc(Nc5nc(Nc6cc(OCCOC(=O)C=C)cc(OCCOC(=O)C=C)c6)nc(Nc6cccc(S(=O)(=O)O)c6)n5)c4)c3)nc(Nc3cccc(S(=O)(=O)O)c3)n2)cc(OCCOC(=O)C=C)c1. The molecule has 0 spiro atoms. The van der Waals surface area contributed by atoms with Crippen molar-refractivity contribution in [3.63, 3.8) is 0 Å². The highest BCUT2D eigenvalue weighted by Crippen LogP contribution is 2.33. The van der Waals surface area contributed by atoms with Crippen molar-refractivity contribution in [1.29, 1.82) is 0 Å². The van der Waals surface area contributed by atoms with Gasteiger partial charge in [0, 0.05) is 107 Å². The molecule has 8 rings (SSSR count). The molecule has 0 radical (unpaired) electrons. The molecule has 0 fully saturated rings.